The monoisotopic (exact) mass is 299 g/mol. The van der Waals surface area contributed by atoms with Crippen molar-refractivity contribution in [3.63, 3.8) is 0 Å². The Morgan fingerprint density at radius 1 is 1.36 bits per heavy atom. The molecule has 120 valence electrons. The van der Waals surface area contributed by atoms with Gasteiger partial charge in [0, 0.05) is 5.69 Å². The predicted octanol–water partition coefficient (Wildman–Crippen LogP) is 5.06. The molecule has 3 atom stereocenters. The number of para-hydroxylation sites is 1. The van der Waals surface area contributed by atoms with Gasteiger partial charge >= 0.3 is 0 Å². The lowest BCUT2D eigenvalue weighted by molar-refractivity contribution is -0.111. The zero-order valence-corrected chi connectivity index (χ0v) is 14.1. The van der Waals surface area contributed by atoms with Gasteiger partial charge in [-0.25, -0.2) is 0 Å². The van der Waals surface area contributed by atoms with Crippen molar-refractivity contribution in [2.45, 2.75) is 46.5 Å². The standard InChI is InChI=1S/C20H29NO/c1-5-20(22)21-19-9-7-6-8-16(19)13-17-12-15(4)10-11-18(17)14(2)3/h5-9,14-15,17-18H,1,10-13H2,2-4H3,(H,21,22). The summed E-state index contributed by atoms with van der Waals surface area (Å²) >= 11 is 0. The largest absolute Gasteiger partial charge is 0.322 e. The summed E-state index contributed by atoms with van der Waals surface area (Å²) in [5, 5.41) is 2.95. The fraction of sp³-hybridized carbons (Fsp3) is 0.550. The molecule has 2 rings (SSSR count). The summed E-state index contributed by atoms with van der Waals surface area (Å²) < 4.78 is 0. The molecular weight excluding hydrogens is 270 g/mol. The highest BCUT2D eigenvalue weighted by atomic mass is 16.1. The Hall–Kier alpha value is -1.57. The second-order valence-electron chi connectivity index (χ2n) is 7.14. The topological polar surface area (TPSA) is 29.1 Å². The first-order valence-electron chi connectivity index (χ1n) is 8.52. The summed E-state index contributed by atoms with van der Waals surface area (Å²) in [6, 6.07) is 8.18. The highest BCUT2D eigenvalue weighted by Gasteiger charge is 2.31. The van der Waals surface area contributed by atoms with Gasteiger partial charge in [0.05, 0.1) is 0 Å². The zero-order valence-electron chi connectivity index (χ0n) is 14.1. The molecule has 0 bridgehead atoms. The molecule has 1 saturated carbocycles. The van der Waals surface area contributed by atoms with Crippen molar-refractivity contribution in [3.05, 3.63) is 42.5 Å². The maximum Gasteiger partial charge on any atom is 0.247 e. The number of rotatable bonds is 5. The minimum Gasteiger partial charge on any atom is -0.322 e. The molecule has 1 N–H and O–H groups in total. The molecule has 1 amide bonds. The highest BCUT2D eigenvalue weighted by molar-refractivity contribution is 5.99. The second-order valence-corrected chi connectivity index (χ2v) is 7.14. The summed E-state index contributed by atoms with van der Waals surface area (Å²) in [5.74, 6) is 2.91. The molecule has 22 heavy (non-hydrogen) atoms. The molecule has 3 unspecified atom stereocenters. The second kappa shape index (κ2) is 7.62. The first-order chi connectivity index (χ1) is 10.5. The van der Waals surface area contributed by atoms with Gasteiger partial charge in [-0.05, 0) is 60.6 Å². The number of amides is 1. The minimum absolute atomic E-state index is 0.134. The fourth-order valence-electron chi connectivity index (χ4n) is 3.92. The van der Waals surface area contributed by atoms with Crippen molar-refractivity contribution in [2.24, 2.45) is 23.7 Å². The van der Waals surface area contributed by atoms with E-state index in [9.17, 15) is 4.79 Å². The van der Waals surface area contributed by atoms with E-state index in [1.807, 2.05) is 12.1 Å². The molecule has 0 aliphatic heterocycles. The Balaban J connectivity index is 2.17. The third-order valence-corrected chi connectivity index (χ3v) is 5.10. The van der Waals surface area contributed by atoms with Gasteiger partial charge in [-0.2, -0.15) is 0 Å². The van der Waals surface area contributed by atoms with Crippen molar-refractivity contribution in [1.29, 1.82) is 0 Å². The summed E-state index contributed by atoms with van der Waals surface area (Å²) in [6.45, 7) is 10.6. The molecule has 1 fully saturated rings. The molecule has 1 aliphatic rings. The Morgan fingerprint density at radius 2 is 2.09 bits per heavy atom. The van der Waals surface area contributed by atoms with Crippen LogP contribution in [0.15, 0.2) is 36.9 Å². The lowest BCUT2D eigenvalue weighted by Crippen LogP contribution is -2.29. The van der Waals surface area contributed by atoms with Crippen LogP contribution in [0, 0.1) is 23.7 Å². The van der Waals surface area contributed by atoms with E-state index in [-0.39, 0.29) is 5.91 Å². The van der Waals surface area contributed by atoms with Crippen LogP contribution in [0.3, 0.4) is 0 Å². The van der Waals surface area contributed by atoms with Gasteiger partial charge in [0.25, 0.3) is 0 Å². The van der Waals surface area contributed by atoms with Crippen molar-refractivity contribution in [2.75, 3.05) is 5.32 Å². The third-order valence-electron chi connectivity index (χ3n) is 5.10. The molecular formula is C20H29NO. The Labute approximate surface area is 135 Å². The van der Waals surface area contributed by atoms with Gasteiger partial charge in [0.15, 0.2) is 0 Å². The molecule has 1 aromatic carbocycles. The molecule has 1 aromatic rings. The predicted molar refractivity (Wildman–Crippen MR) is 93.8 cm³/mol. The van der Waals surface area contributed by atoms with Crippen LogP contribution in [0.1, 0.15) is 45.6 Å². The SMILES string of the molecule is C=CC(=O)Nc1ccccc1CC1CC(C)CCC1C(C)C. The molecule has 0 saturated heterocycles. The minimum atomic E-state index is -0.134. The Morgan fingerprint density at radius 3 is 2.77 bits per heavy atom. The van der Waals surface area contributed by atoms with Crippen LogP contribution in [-0.2, 0) is 11.2 Å². The van der Waals surface area contributed by atoms with E-state index >= 15 is 0 Å². The molecule has 0 aromatic heterocycles. The number of hydrogen-bond donors (Lipinski definition) is 1. The normalized spacial score (nSPS) is 25.0. The van der Waals surface area contributed by atoms with E-state index in [0.717, 1.165) is 29.9 Å². The number of hydrogen-bond acceptors (Lipinski definition) is 1. The third kappa shape index (κ3) is 4.22. The van der Waals surface area contributed by atoms with Gasteiger partial charge < -0.3 is 5.32 Å². The average Bonchev–Trinajstić information content (AvgIpc) is 2.49. The molecule has 0 heterocycles. The Bertz CT molecular complexity index is 520. The number of nitrogens with one attached hydrogen (secondary N) is 1. The van der Waals surface area contributed by atoms with Crippen LogP contribution in [0.2, 0.25) is 0 Å². The molecule has 1 aliphatic carbocycles. The van der Waals surface area contributed by atoms with E-state index in [0.29, 0.717) is 5.92 Å². The first-order valence-corrected chi connectivity index (χ1v) is 8.52. The number of carbonyl (C=O) groups excluding carboxylic acids is 1. The van der Waals surface area contributed by atoms with Gasteiger partial charge in [-0.3, -0.25) is 4.79 Å². The lowest BCUT2D eigenvalue weighted by Gasteiger charge is -2.37. The van der Waals surface area contributed by atoms with Gasteiger partial charge in [0.1, 0.15) is 0 Å². The van der Waals surface area contributed by atoms with E-state index < -0.39 is 0 Å². The van der Waals surface area contributed by atoms with Gasteiger partial charge in [-0.15, -0.1) is 0 Å². The zero-order chi connectivity index (χ0) is 16.1. The van der Waals surface area contributed by atoms with Crippen molar-refractivity contribution in [1.82, 2.24) is 0 Å². The van der Waals surface area contributed by atoms with Crippen LogP contribution < -0.4 is 5.32 Å². The van der Waals surface area contributed by atoms with Gasteiger partial charge in [0.2, 0.25) is 5.91 Å². The molecule has 2 nitrogen and oxygen atoms in total. The van der Waals surface area contributed by atoms with E-state index in [1.165, 1.54) is 30.9 Å². The fourth-order valence-corrected chi connectivity index (χ4v) is 3.92. The summed E-state index contributed by atoms with van der Waals surface area (Å²) in [4.78, 5) is 11.6. The van der Waals surface area contributed by atoms with Crippen LogP contribution >= 0.6 is 0 Å². The van der Waals surface area contributed by atoms with Crippen LogP contribution in [0.5, 0.6) is 0 Å². The van der Waals surface area contributed by atoms with E-state index in [1.54, 1.807) is 0 Å². The van der Waals surface area contributed by atoms with Gasteiger partial charge in [-0.1, -0.05) is 52.0 Å². The number of anilines is 1. The first kappa shape index (κ1) is 16.8. The quantitative estimate of drug-likeness (QED) is 0.756. The maximum atomic E-state index is 11.6. The van der Waals surface area contributed by atoms with Crippen molar-refractivity contribution >= 4 is 11.6 Å². The maximum absolute atomic E-state index is 11.6. The van der Waals surface area contributed by atoms with Crippen molar-refractivity contribution < 1.29 is 4.79 Å². The molecule has 2 heteroatoms. The summed E-state index contributed by atoms with van der Waals surface area (Å²) in [7, 11) is 0. The summed E-state index contributed by atoms with van der Waals surface area (Å²) in [5.41, 5.74) is 2.19. The van der Waals surface area contributed by atoms with Crippen LogP contribution in [0.4, 0.5) is 5.69 Å². The molecule has 0 spiro atoms. The van der Waals surface area contributed by atoms with Crippen molar-refractivity contribution in [3.8, 4) is 0 Å². The van der Waals surface area contributed by atoms with E-state index in [4.69, 9.17) is 0 Å². The Kier molecular flexibility index (Phi) is 5.82. The number of carbonyl (C=O) groups is 1. The number of benzene rings is 1. The van der Waals surface area contributed by atoms with Crippen LogP contribution in [0.25, 0.3) is 0 Å². The summed E-state index contributed by atoms with van der Waals surface area (Å²) in [6.07, 6.45) is 6.38. The highest BCUT2D eigenvalue weighted by Crippen LogP contribution is 2.40. The van der Waals surface area contributed by atoms with E-state index in [2.05, 4.69) is 44.8 Å². The van der Waals surface area contributed by atoms with Crippen LogP contribution in [-0.4, -0.2) is 5.91 Å². The smallest absolute Gasteiger partial charge is 0.247 e. The molecule has 0 radical (unpaired) electrons. The average molecular weight is 299 g/mol. The lowest BCUT2D eigenvalue weighted by atomic mass is 9.68.